The van der Waals surface area contributed by atoms with Crippen LogP contribution in [0.4, 0.5) is 0 Å². The molecule has 0 aliphatic rings. The fourth-order valence-corrected chi connectivity index (χ4v) is 3.00. The van der Waals surface area contributed by atoms with Crippen molar-refractivity contribution in [3.63, 3.8) is 0 Å². The van der Waals surface area contributed by atoms with Gasteiger partial charge in [-0.2, -0.15) is 0 Å². The predicted molar refractivity (Wildman–Crippen MR) is 86.7 cm³/mol. The Balaban J connectivity index is 3.02. The van der Waals surface area contributed by atoms with Crippen LogP contribution in [-0.4, -0.2) is 10.6 Å². The van der Waals surface area contributed by atoms with Gasteiger partial charge in [0.25, 0.3) is 0 Å². The van der Waals surface area contributed by atoms with E-state index in [2.05, 4.69) is 82.0 Å². The van der Waals surface area contributed by atoms with E-state index in [0.29, 0.717) is 0 Å². The Kier molecular flexibility index (Phi) is 3.23. The summed E-state index contributed by atoms with van der Waals surface area (Å²) in [6.07, 6.45) is 0. The molecular formula is C12H12BBrIN. The van der Waals surface area contributed by atoms with Crippen LogP contribution in [0, 0.1) is 6.92 Å². The second kappa shape index (κ2) is 4.22. The van der Waals surface area contributed by atoms with Crippen LogP contribution in [0.3, 0.4) is 0 Å². The maximum absolute atomic E-state index is 4.06. The summed E-state index contributed by atoms with van der Waals surface area (Å²) in [5.41, 5.74) is 6.11. The molecule has 2 rings (SSSR count). The maximum atomic E-state index is 4.06. The molecule has 2 aromatic rings. The fourth-order valence-electron chi connectivity index (χ4n) is 1.92. The third kappa shape index (κ3) is 1.76. The number of aromatic nitrogens is 1. The van der Waals surface area contributed by atoms with Gasteiger partial charge in [-0.15, -0.1) is 0 Å². The minimum Gasteiger partial charge on any atom is -0.286 e. The van der Waals surface area contributed by atoms with Crippen molar-refractivity contribution in [3.8, 4) is 0 Å². The normalized spacial score (nSPS) is 11.0. The van der Waals surface area contributed by atoms with E-state index in [0.717, 1.165) is 5.57 Å². The lowest BCUT2D eigenvalue weighted by Gasteiger charge is -2.09. The van der Waals surface area contributed by atoms with Crippen molar-refractivity contribution in [2.75, 3.05) is 0 Å². The average molecular weight is 388 g/mol. The van der Waals surface area contributed by atoms with Crippen LogP contribution >= 0.6 is 38.8 Å². The second-order valence-corrected chi connectivity index (χ2v) is 5.92. The summed E-state index contributed by atoms with van der Waals surface area (Å²) in [5, 5.41) is 1.27. The molecule has 0 aliphatic carbocycles. The Morgan fingerprint density at radius 2 is 2.12 bits per heavy atom. The minimum absolute atomic E-state index is 1.11. The Morgan fingerprint density at radius 1 is 1.50 bits per heavy atom. The van der Waals surface area contributed by atoms with Gasteiger partial charge in [0.2, 0.25) is 0 Å². The summed E-state index contributed by atoms with van der Waals surface area (Å²) >= 11 is 6.01. The minimum atomic E-state index is 1.11. The number of aryl methyl sites for hydroxylation is 1. The van der Waals surface area contributed by atoms with Crippen LogP contribution in [0.15, 0.2) is 23.2 Å². The highest BCUT2D eigenvalue weighted by molar-refractivity contribution is 14.1. The molecule has 0 amide bonds. The highest BCUT2D eigenvalue weighted by atomic mass is 127. The molecule has 1 aromatic heterocycles. The smallest absolute Gasteiger partial charge is 0.140 e. The molecule has 1 aromatic carbocycles. The van der Waals surface area contributed by atoms with E-state index in [1.165, 1.54) is 32.1 Å². The Bertz CT molecular complexity index is 601. The van der Waals surface area contributed by atoms with Crippen LogP contribution in [0.1, 0.15) is 18.2 Å². The van der Waals surface area contributed by atoms with Gasteiger partial charge >= 0.3 is 0 Å². The van der Waals surface area contributed by atoms with Crippen LogP contribution in [-0.2, 0) is 0 Å². The first kappa shape index (κ1) is 12.2. The number of allylic oxidation sites excluding steroid dienone is 1. The van der Waals surface area contributed by atoms with Gasteiger partial charge in [0.05, 0.1) is 28.4 Å². The maximum Gasteiger partial charge on any atom is 0.140 e. The SMILES string of the molecule is Bc1cc(C(=C)C)c2c(cc(C)n2I)c1Br. The molecule has 0 saturated carbocycles. The molecule has 0 fully saturated rings. The van der Waals surface area contributed by atoms with Crippen molar-refractivity contribution in [3.05, 3.63) is 34.4 Å². The van der Waals surface area contributed by atoms with Gasteiger partial charge in [0, 0.05) is 21.1 Å². The van der Waals surface area contributed by atoms with Gasteiger partial charge in [-0.3, -0.25) is 2.78 Å². The highest BCUT2D eigenvalue weighted by Crippen LogP contribution is 2.32. The molecule has 4 heteroatoms. The lowest BCUT2D eigenvalue weighted by Crippen LogP contribution is -2.06. The second-order valence-electron chi connectivity index (χ2n) is 4.16. The Hall–Kier alpha value is -0.225. The average Bonchev–Trinajstić information content (AvgIpc) is 2.50. The van der Waals surface area contributed by atoms with Gasteiger partial charge < -0.3 is 0 Å². The number of nitrogens with zero attached hydrogens (tertiary/aromatic N) is 1. The lowest BCUT2D eigenvalue weighted by molar-refractivity contribution is 1.26. The summed E-state index contributed by atoms with van der Waals surface area (Å²) in [5.74, 6) is 0. The predicted octanol–water partition coefficient (Wildman–Crippen LogP) is 3.20. The summed E-state index contributed by atoms with van der Waals surface area (Å²) in [6.45, 7) is 8.24. The number of hydrogen-bond donors (Lipinski definition) is 0. The largest absolute Gasteiger partial charge is 0.286 e. The quantitative estimate of drug-likeness (QED) is 0.523. The first-order valence-electron chi connectivity index (χ1n) is 5.06. The standard InChI is InChI=1S/C12H12BBrIN/c1-6(2)8-5-10(13)11(14)9-4-7(3)16(15)12(8)9/h4-5H,1,13H2,2-3H3. The summed E-state index contributed by atoms with van der Waals surface area (Å²) in [7, 11) is 2.12. The Labute approximate surface area is 119 Å². The number of fused-ring (bicyclic) bond motifs is 1. The summed E-state index contributed by atoms with van der Waals surface area (Å²) in [4.78, 5) is 0. The molecule has 0 aliphatic heterocycles. The molecule has 0 unspecified atom stereocenters. The van der Waals surface area contributed by atoms with E-state index < -0.39 is 0 Å². The lowest BCUT2D eigenvalue weighted by atomic mass is 9.91. The topological polar surface area (TPSA) is 4.93 Å². The van der Waals surface area contributed by atoms with E-state index in [9.17, 15) is 0 Å². The highest BCUT2D eigenvalue weighted by Gasteiger charge is 2.13. The van der Waals surface area contributed by atoms with Crippen LogP contribution in [0.25, 0.3) is 16.5 Å². The van der Waals surface area contributed by atoms with Crippen molar-refractivity contribution in [2.45, 2.75) is 13.8 Å². The molecule has 0 radical (unpaired) electrons. The number of halogens is 2. The summed E-state index contributed by atoms with van der Waals surface area (Å²) < 4.78 is 3.38. The van der Waals surface area contributed by atoms with Gasteiger partial charge in [-0.25, -0.2) is 0 Å². The van der Waals surface area contributed by atoms with E-state index in [1.54, 1.807) is 0 Å². The van der Waals surface area contributed by atoms with Crippen molar-refractivity contribution < 1.29 is 0 Å². The molecular weight excluding hydrogens is 376 g/mol. The third-order valence-corrected chi connectivity index (χ3v) is 5.07. The number of benzene rings is 1. The number of hydrogen-bond acceptors (Lipinski definition) is 0. The van der Waals surface area contributed by atoms with Gasteiger partial charge in [0.1, 0.15) is 7.85 Å². The molecule has 0 bridgehead atoms. The third-order valence-electron chi connectivity index (χ3n) is 2.77. The van der Waals surface area contributed by atoms with E-state index in [1.807, 2.05) is 0 Å². The Morgan fingerprint density at radius 3 is 2.69 bits per heavy atom. The van der Waals surface area contributed by atoms with Crippen molar-refractivity contribution in [2.24, 2.45) is 0 Å². The number of rotatable bonds is 1. The monoisotopic (exact) mass is 387 g/mol. The molecule has 0 spiro atoms. The van der Waals surface area contributed by atoms with E-state index in [4.69, 9.17) is 0 Å². The van der Waals surface area contributed by atoms with Gasteiger partial charge in [-0.05, 0) is 25.5 Å². The van der Waals surface area contributed by atoms with Crippen molar-refractivity contribution in [1.29, 1.82) is 0 Å². The fraction of sp³-hybridized carbons (Fsp3) is 0.167. The molecule has 82 valence electrons. The van der Waals surface area contributed by atoms with Crippen LogP contribution in [0.5, 0.6) is 0 Å². The van der Waals surface area contributed by atoms with Crippen LogP contribution in [0.2, 0.25) is 0 Å². The zero-order chi connectivity index (χ0) is 12.0. The van der Waals surface area contributed by atoms with E-state index >= 15 is 0 Å². The van der Waals surface area contributed by atoms with Gasteiger partial charge in [0.15, 0.2) is 0 Å². The summed E-state index contributed by atoms with van der Waals surface area (Å²) in [6, 6.07) is 4.41. The molecule has 0 atom stereocenters. The zero-order valence-corrected chi connectivity index (χ0v) is 13.3. The van der Waals surface area contributed by atoms with Gasteiger partial charge in [-0.1, -0.05) is 34.0 Å². The first-order valence-corrected chi connectivity index (χ1v) is 6.82. The van der Waals surface area contributed by atoms with Crippen molar-refractivity contribution in [1.82, 2.24) is 2.78 Å². The molecule has 1 heterocycles. The molecule has 0 saturated heterocycles. The van der Waals surface area contributed by atoms with E-state index in [-0.39, 0.29) is 0 Å². The zero-order valence-electron chi connectivity index (χ0n) is 9.56. The molecule has 0 N–H and O–H groups in total. The van der Waals surface area contributed by atoms with Crippen LogP contribution < -0.4 is 5.46 Å². The van der Waals surface area contributed by atoms with Crippen molar-refractivity contribution >= 4 is 68.6 Å². The first-order chi connectivity index (χ1) is 7.43. The molecule has 16 heavy (non-hydrogen) atoms. The molecule has 1 nitrogen and oxygen atoms in total.